The number of thioether (sulfide) groups is 1. The molecule has 0 bridgehead atoms. The molecule has 2 unspecified atom stereocenters. The van der Waals surface area contributed by atoms with Crippen molar-refractivity contribution in [3.8, 4) is 0 Å². The van der Waals surface area contributed by atoms with Gasteiger partial charge in [-0.15, -0.1) is 11.8 Å². The van der Waals surface area contributed by atoms with Crippen molar-refractivity contribution in [3.63, 3.8) is 0 Å². The third-order valence-corrected chi connectivity index (χ3v) is 6.19. The molecule has 33 heavy (non-hydrogen) atoms. The van der Waals surface area contributed by atoms with Crippen molar-refractivity contribution in [1.29, 1.82) is 0 Å². The van der Waals surface area contributed by atoms with Crippen molar-refractivity contribution >= 4 is 41.3 Å². The number of amides is 3. The molecule has 172 valence electrons. The Morgan fingerprint density at radius 2 is 1.91 bits per heavy atom. The van der Waals surface area contributed by atoms with Crippen molar-refractivity contribution < 1.29 is 33.1 Å². The quantitative estimate of drug-likeness (QED) is 0.524. The largest absolute Gasteiger partial charge is 0.467 e. The minimum Gasteiger partial charge on any atom is -0.467 e. The number of anilines is 1. The van der Waals surface area contributed by atoms with E-state index in [1.165, 1.54) is 18.0 Å². The van der Waals surface area contributed by atoms with Gasteiger partial charge in [-0.25, -0.2) is 9.59 Å². The lowest BCUT2D eigenvalue weighted by Gasteiger charge is -2.28. The van der Waals surface area contributed by atoms with Gasteiger partial charge in [-0.1, -0.05) is 12.1 Å². The first-order chi connectivity index (χ1) is 16.0. The van der Waals surface area contributed by atoms with Crippen LogP contribution in [0.5, 0.6) is 0 Å². The monoisotopic (exact) mass is 471 g/mol. The number of rotatable bonds is 7. The molecule has 1 aromatic carbocycles. The van der Waals surface area contributed by atoms with Gasteiger partial charge in [0.2, 0.25) is 5.91 Å². The smallest absolute Gasteiger partial charge is 0.338 e. The van der Waals surface area contributed by atoms with Gasteiger partial charge in [0.1, 0.15) is 18.4 Å². The lowest BCUT2D eigenvalue weighted by Crippen LogP contribution is -2.47. The number of benzene rings is 1. The molecule has 3 heterocycles. The molecule has 0 saturated heterocycles. The van der Waals surface area contributed by atoms with Crippen LogP contribution < -0.4 is 16.0 Å². The number of para-hydroxylation sites is 1. The van der Waals surface area contributed by atoms with Gasteiger partial charge in [-0.05, 0) is 31.2 Å². The standard InChI is InChI=1S/C22H21N3O7S/c1-2-30-21(28)18-13(24-22(29)25-19(18)14-7-5-9-31-14)11-32-17(26)10-16-20(27)23-12-6-3-4-8-15(12)33-16/h3-9,16,19H,2,10-11H2,1H3,(H,23,27)(H2,24,25,29). The van der Waals surface area contributed by atoms with Crippen LogP contribution in [0.15, 0.2) is 63.2 Å². The zero-order chi connectivity index (χ0) is 23.4. The van der Waals surface area contributed by atoms with E-state index in [4.69, 9.17) is 13.9 Å². The van der Waals surface area contributed by atoms with E-state index in [-0.39, 0.29) is 36.8 Å². The SMILES string of the molecule is CCOC(=O)C1=C(COC(=O)CC2Sc3ccccc3NC2=O)NC(=O)NC1c1ccco1. The minimum atomic E-state index is -0.905. The molecule has 0 fully saturated rings. The number of carbonyl (C=O) groups excluding carboxylic acids is 4. The summed E-state index contributed by atoms with van der Waals surface area (Å²) in [5.74, 6) is -1.31. The molecule has 3 amide bonds. The van der Waals surface area contributed by atoms with Crippen LogP contribution in [0, 0.1) is 0 Å². The third kappa shape index (κ3) is 5.03. The van der Waals surface area contributed by atoms with Gasteiger partial charge >= 0.3 is 18.0 Å². The Hall–Kier alpha value is -3.73. The number of esters is 2. The minimum absolute atomic E-state index is 0.0675. The van der Waals surface area contributed by atoms with Gasteiger partial charge in [0.05, 0.1) is 41.5 Å². The molecule has 2 aromatic rings. The molecule has 3 N–H and O–H groups in total. The van der Waals surface area contributed by atoms with E-state index in [1.54, 1.807) is 25.1 Å². The average Bonchev–Trinajstić information content (AvgIpc) is 3.33. The molecular formula is C22H21N3O7S. The highest BCUT2D eigenvalue weighted by molar-refractivity contribution is 8.01. The Kier molecular flexibility index (Phi) is 6.68. The van der Waals surface area contributed by atoms with Crippen molar-refractivity contribution in [2.45, 2.75) is 29.5 Å². The van der Waals surface area contributed by atoms with E-state index >= 15 is 0 Å². The van der Waals surface area contributed by atoms with E-state index in [0.717, 1.165) is 4.90 Å². The summed E-state index contributed by atoms with van der Waals surface area (Å²) in [5.41, 5.74) is 0.846. The summed E-state index contributed by atoms with van der Waals surface area (Å²) in [5, 5.41) is 7.22. The van der Waals surface area contributed by atoms with Crippen molar-refractivity contribution in [3.05, 3.63) is 59.7 Å². The molecule has 11 heteroatoms. The van der Waals surface area contributed by atoms with Crippen LogP contribution in [0.2, 0.25) is 0 Å². The number of ether oxygens (including phenoxy) is 2. The molecule has 2 aliphatic rings. The van der Waals surface area contributed by atoms with E-state index in [0.29, 0.717) is 11.4 Å². The van der Waals surface area contributed by atoms with Gasteiger partial charge in [0.25, 0.3) is 0 Å². The fourth-order valence-corrected chi connectivity index (χ4v) is 4.54. The molecule has 4 rings (SSSR count). The normalized spacial score (nSPS) is 19.7. The topological polar surface area (TPSA) is 136 Å². The predicted octanol–water partition coefficient (Wildman–Crippen LogP) is 2.50. The molecule has 0 saturated carbocycles. The predicted molar refractivity (Wildman–Crippen MR) is 117 cm³/mol. The zero-order valence-electron chi connectivity index (χ0n) is 17.6. The maximum Gasteiger partial charge on any atom is 0.338 e. The summed E-state index contributed by atoms with van der Waals surface area (Å²) in [6.45, 7) is 1.39. The summed E-state index contributed by atoms with van der Waals surface area (Å²) in [6, 6.07) is 9.03. The van der Waals surface area contributed by atoms with Gasteiger partial charge in [-0.3, -0.25) is 9.59 Å². The molecular weight excluding hydrogens is 450 g/mol. The Bertz CT molecular complexity index is 1110. The summed E-state index contributed by atoms with van der Waals surface area (Å²) in [6.07, 6.45) is 1.23. The Balaban J connectivity index is 1.48. The number of hydrogen-bond donors (Lipinski definition) is 3. The van der Waals surface area contributed by atoms with Crippen molar-refractivity contribution in [1.82, 2.24) is 10.6 Å². The second-order valence-corrected chi connectivity index (χ2v) is 8.36. The van der Waals surface area contributed by atoms with E-state index in [1.807, 2.05) is 18.2 Å². The third-order valence-electron chi connectivity index (χ3n) is 4.91. The number of carbonyl (C=O) groups is 4. The van der Waals surface area contributed by atoms with Gasteiger partial charge in [0, 0.05) is 4.90 Å². The number of furan rings is 1. The summed E-state index contributed by atoms with van der Waals surface area (Å²) in [7, 11) is 0. The van der Waals surface area contributed by atoms with Crippen LogP contribution >= 0.6 is 11.8 Å². The second-order valence-electron chi connectivity index (χ2n) is 7.12. The first-order valence-corrected chi connectivity index (χ1v) is 11.1. The highest BCUT2D eigenvalue weighted by Crippen LogP contribution is 2.36. The highest BCUT2D eigenvalue weighted by atomic mass is 32.2. The maximum absolute atomic E-state index is 12.6. The number of fused-ring (bicyclic) bond motifs is 1. The van der Waals surface area contributed by atoms with Gasteiger partial charge < -0.3 is 29.8 Å². The molecule has 0 radical (unpaired) electrons. The maximum atomic E-state index is 12.6. The molecule has 0 spiro atoms. The first-order valence-electron chi connectivity index (χ1n) is 10.2. The van der Waals surface area contributed by atoms with Crippen LogP contribution in [0.3, 0.4) is 0 Å². The van der Waals surface area contributed by atoms with Gasteiger partial charge in [-0.2, -0.15) is 0 Å². The van der Waals surface area contributed by atoms with Crippen molar-refractivity contribution in [2.24, 2.45) is 0 Å². The highest BCUT2D eigenvalue weighted by Gasteiger charge is 2.36. The molecule has 0 aliphatic carbocycles. The molecule has 1 aromatic heterocycles. The van der Waals surface area contributed by atoms with Crippen LogP contribution in [0.1, 0.15) is 25.1 Å². The molecule has 2 aliphatic heterocycles. The average molecular weight is 471 g/mol. The number of nitrogens with one attached hydrogen (secondary N) is 3. The fourth-order valence-electron chi connectivity index (χ4n) is 3.44. The summed E-state index contributed by atoms with van der Waals surface area (Å²) < 4.78 is 15.8. The lowest BCUT2D eigenvalue weighted by atomic mass is 10.0. The molecule has 10 nitrogen and oxygen atoms in total. The fraction of sp³-hybridized carbons (Fsp3) is 0.273. The lowest BCUT2D eigenvalue weighted by molar-refractivity contribution is -0.144. The van der Waals surface area contributed by atoms with E-state index < -0.39 is 29.3 Å². The number of hydrogen-bond acceptors (Lipinski definition) is 8. The van der Waals surface area contributed by atoms with Crippen molar-refractivity contribution in [2.75, 3.05) is 18.5 Å². The Morgan fingerprint density at radius 1 is 1.09 bits per heavy atom. The van der Waals surface area contributed by atoms with E-state index in [9.17, 15) is 19.2 Å². The second kappa shape index (κ2) is 9.82. The van der Waals surface area contributed by atoms with Crippen LogP contribution in [0.25, 0.3) is 0 Å². The molecule has 2 atom stereocenters. The summed E-state index contributed by atoms with van der Waals surface area (Å²) >= 11 is 1.27. The van der Waals surface area contributed by atoms with Gasteiger partial charge in [0.15, 0.2) is 0 Å². The van der Waals surface area contributed by atoms with E-state index in [2.05, 4.69) is 16.0 Å². The van der Waals surface area contributed by atoms with Crippen LogP contribution in [-0.2, 0) is 23.9 Å². The number of urea groups is 1. The zero-order valence-corrected chi connectivity index (χ0v) is 18.4. The Labute approximate surface area is 193 Å². The van der Waals surface area contributed by atoms with Crippen LogP contribution in [-0.4, -0.2) is 42.3 Å². The summed E-state index contributed by atoms with van der Waals surface area (Å²) in [4.78, 5) is 50.5. The first kappa shape index (κ1) is 22.5. The van der Waals surface area contributed by atoms with Crippen LogP contribution in [0.4, 0.5) is 10.5 Å². The Morgan fingerprint density at radius 3 is 2.67 bits per heavy atom.